The van der Waals surface area contributed by atoms with Crippen molar-refractivity contribution in [2.75, 3.05) is 6.54 Å². The predicted octanol–water partition coefficient (Wildman–Crippen LogP) is 1.98. The Morgan fingerprint density at radius 1 is 1.39 bits per heavy atom. The van der Waals surface area contributed by atoms with E-state index in [4.69, 9.17) is 6.42 Å². The molecule has 0 spiro atoms. The quantitative estimate of drug-likeness (QED) is 0.608. The Hall–Kier alpha value is -3.60. The van der Waals surface area contributed by atoms with E-state index in [1.165, 1.54) is 12.1 Å². The molecule has 2 aromatic heterocycles. The van der Waals surface area contributed by atoms with Crippen molar-refractivity contribution < 1.29 is 14.0 Å². The van der Waals surface area contributed by atoms with Crippen molar-refractivity contribution >= 4 is 22.7 Å². The summed E-state index contributed by atoms with van der Waals surface area (Å²) in [6.07, 6.45) is 5.86. The molecule has 0 saturated heterocycles. The molecule has 1 aromatic carbocycles. The number of benzene rings is 1. The molecule has 1 unspecified atom stereocenters. The third-order valence-corrected chi connectivity index (χ3v) is 4.85. The zero-order chi connectivity index (χ0) is 19.8. The molecule has 3 heterocycles. The normalized spacial score (nSPS) is 14.4. The Balaban J connectivity index is 1.57. The van der Waals surface area contributed by atoms with Crippen molar-refractivity contribution in [1.82, 2.24) is 25.4 Å². The lowest BCUT2D eigenvalue weighted by molar-refractivity contribution is 0.0726. The SMILES string of the molecule is C#CC(C)NC(=O)c1n[nH]c2c1CN(C(=O)c1cc3cc(F)ccc3[nH]1)CC2. The van der Waals surface area contributed by atoms with Gasteiger partial charge in [0.25, 0.3) is 11.8 Å². The fourth-order valence-electron chi connectivity index (χ4n) is 3.35. The molecular formula is C20H18FN5O2. The smallest absolute Gasteiger partial charge is 0.273 e. The fraction of sp³-hybridized carbons (Fsp3) is 0.250. The zero-order valence-corrected chi connectivity index (χ0v) is 15.2. The summed E-state index contributed by atoms with van der Waals surface area (Å²) in [6.45, 7) is 2.44. The summed E-state index contributed by atoms with van der Waals surface area (Å²) in [6, 6.07) is 5.53. The lowest BCUT2D eigenvalue weighted by Crippen LogP contribution is -2.37. The van der Waals surface area contributed by atoms with Crippen molar-refractivity contribution in [2.24, 2.45) is 0 Å². The second kappa shape index (κ2) is 6.85. The summed E-state index contributed by atoms with van der Waals surface area (Å²) in [5, 5.41) is 10.3. The summed E-state index contributed by atoms with van der Waals surface area (Å²) in [7, 11) is 0. The number of rotatable bonds is 3. The molecule has 0 fully saturated rings. The van der Waals surface area contributed by atoms with Crippen molar-refractivity contribution in [2.45, 2.75) is 25.9 Å². The van der Waals surface area contributed by atoms with Crippen molar-refractivity contribution in [3.63, 3.8) is 0 Å². The molecule has 1 atom stereocenters. The maximum atomic E-state index is 13.4. The Morgan fingerprint density at radius 2 is 2.21 bits per heavy atom. The third-order valence-electron chi connectivity index (χ3n) is 4.85. The summed E-state index contributed by atoms with van der Waals surface area (Å²) in [5.74, 6) is 1.49. The fourth-order valence-corrected chi connectivity index (χ4v) is 3.35. The second-order valence-corrected chi connectivity index (χ2v) is 6.78. The number of hydrogen-bond acceptors (Lipinski definition) is 3. The first-order valence-electron chi connectivity index (χ1n) is 8.87. The number of nitrogens with zero attached hydrogens (tertiary/aromatic N) is 2. The van der Waals surface area contributed by atoms with E-state index < -0.39 is 6.04 Å². The number of carbonyl (C=O) groups excluding carboxylic acids is 2. The monoisotopic (exact) mass is 379 g/mol. The number of terminal acetylenes is 1. The molecule has 8 heteroatoms. The van der Waals surface area contributed by atoms with Gasteiger partial charge in [-0.2, -0.15) is 5.10 Å². The molecule has 0 aliphatic carbocycles. The van der Waals surface area contributed by atoms with Crippen LogP contribution >= 0.6 is 0 Å². The predicted molar refractivity (Wildman–Crippen MR) is 101 cm³/mol. The molecular weight excluding hydrogens is 361 g/mol. The Labute approximate surface area is 160 Å². The lowest BCUT2D eigenvalue weighted by atomic mass is 10.0. The van der Waals surface area contributed by atoms with E-state index in [2.05, 4.69) is 26.4 Å². The number of hydrogen-bond donors (Lipinski definition) is 3. The van der Waals surface area contributed by atoms with E-state index in [0.717, 1.165) is 5.69 Å². The van der Waals surface area contributed by atoms with Crippen LogP contribution in [0, 0.1) is 18.2 Å². The van der Waals surface area contributed by atoms with Gasteiger partial charge in [0.1, 0.15) is 11.5 Å². The number of carbonyl (C=O) groups is 2. The average Bonchev–Trinajstić information content (AvgIpc) is 3.30. The van der Waals surface area contributed by atoms with Crippen LogP contribution < -0.4 is 5.32 Å². The number of aromatic amines is 2. The number of amides is 2. The first-order chi connectivity index (χ1) is 13.5. The minimum absolute atomic E-state index is 0.216. The highest BCUT2D eigenvalue weighted by Gasteiger charge is 2.29. The maximum Gasteiger partial charge on any atom is 0.273 e. The van der Waals surface area contributed by atoms with E-state index >= 15 is 0 Å². The van der Waals surface area contributed by atoms with Gasteiger partial charge in [0.15, 0.2) is 5.69 Å². The molecule has 4 rings (SSSR count). The van der Waals surface area contributed by atoms with Crippen LogP contribution in [0.1, 0.15) is 39.2 Å². The molecule has 3 aromatic rings. The third kappa shape index (κ3) is 3.11. The van der Waals surface area contributed by atoms with Gasteiger partial charge in [-0.05, 0) is 31.2 Å². The van der Waals surface area contributed by atoms with Gasteiger partial charge in [0, 0.05) is 35.1 Å². The minimum Gasteiger partial charge on any atom is -0.351 e. The van der Waals surface area contributed by atoms with Gasteiger partial charge in [-0.15, -0.1) is 6.42 Å². The van der Waals surface area contributed by atoms with Gasteiger partial charge >= 0.3 is 0 Å². The van der Waals surface area contributed by atoms with Gasteiger partial charge in [-0.25, -0.2) is 4.39 Å². The van der Waals surface area contributed by atoms with Gasteiger partial charge in [0.05, 0.1) is 12.6 Å². The molecule has 2 amide bonds. The number of fused-ring (bicyclic) bond motifs is 2. The standard InChI is InChI=1S/C20H18FN5O2/c1-3-11(2)22-19(27)18-14-10-26(7-6-16(14)24-25-18)20(28)17-9-12-8-13(21)4-5-15(12)23-17/h1,4-5,8-9,11,23H,6-7,10H2,2H3,(H,22,27)(H,24,25). The van der Waals surface area contributed by atoms with E-state index in [9.17, 15) is 14.0 Å². The summed E-state index contributed by atoms with van der Waals surface area (Å²) in [5.41, 5.74) is 2.83. The zero-order valence-electron chi connectivity index (χ0n) is 15.2. The molecule has 28 heavy (non-hydrogen) atoms. The van der Waals surface area contributed by atoms with Gasteiger partial charge in [0.2, 0.25) is 0 Å². The minimum atomic E-state index is -0.423. The molecule has 0 radical (unpaired) electrons. The Kier molecular flexibility index (Phi) is 4.35. The number of nitrogens with one attached hydrogen (secondary N) is 3. The van der Waals surface area contributed by atoms with E-state index in [1.807, 2.05) is 0 Å². The van der Waals surface area contributed by atoms with Gasteiger partial charge in [-0.3, -0.25) is 14.7 Å². The van der Waals surface area contributed by atoms with Crippen LogP contribution in [0.2, 0.25) is 0 Å². The molecule has 1 aliphatic heterocycles. The highest BCUT2D eigenvalue weighted by atomic mass is 19.1. The van der Waals surface area contributed by atoms with E-state index in [0.29, 0.717) is 35.1 Å². The Morgan fingerprint density at radius 3 is 3.00 bits per heavy atom. The van der Waals surface area contributed by atoms with Crippen LogP contribution in [0.3, 0.4) is 0 Å². The highest BCUT2D eigenvalue weighted by Crippen LogP contribution is 2.23. The number of halogens is 1. The maximum absolute atomic E-state index is 13.4. The topological polar surface area (TPSA) is 93.9 Å². The van der Waals surface area contributed by atoms with Gasteiger partial charge in [-0.1, -0.05) is 5.92 Å². The molecule has 0 saturated carbocycles. The van der Waals surface area contributed by atoms with Crippen molar-refractivity contribution in [3.8, 4) is 12.3 Å². The summed E-state index contributed by atoms with van der Waals surface area (Å²) in [4.78, 5) is 30.0. The van der Waals surface area contributed by atoms with Crippen LogP contribution in [0.25, 0.3) is 10.9 Å². The lowest BCUT2D eigenvalue weighted by Gasteiger charge is -2.26. The van der Waals surface area contributed by atoms with Crippen LogP contribution in [-0.4, -0.2) is 44.5 Å². The Bertz CT molecular complexity index is 1120. The van der Waals surface area contributed by atoms with E-state index in [-0.39, 0.29) is 29.9 Å². The number of H-pyrrole nitrogens is 2. The van der Waals surface area contributed by atoms with Crippen LogP contribution in [-0.2, 0) is 13.0 Å². The highest BCUT2D eigenvalue weighted by molar-refractivity contribution is 5.98. The van der Waals surface area contributed by atoms with E-state index in [1.54, 1.807) is 24.0 Å². The molecule has 3 N–H and O–H groups in total. The average molecular weight is 379 g/mol. The van der Waals surface area contributed by atoms with Crippen molar-refractivity contribution in [1.29, 1.82) is 0 Å². The van der Waals surface area contributed by atoms with Gasteiger partial charge < -0.3 is 15.2 Å². The first-order valence-corrected chi connectivity index (χ1v) is 8.87. The second-order valence-electron chi connectivity index (χ2n) is 6.78. The molecule has 1 aliphatic rings. The van der Waals surface area contributed by atoms with Crippen LogP contribution in [0.4, 0.5) is 4.39 Å². The largest absolute Gasteiger partial charge is 0.351 e. The first kappa shape index (κ1) is 17.8. The summed E-state index contributed by atoms with van der Waals surface area (Å²) >= 11 is 0. The molecule has 0 bridgehead atoms. The summed E-state index contributed by atoms with van der Waals surface area (Å²) < 4.78 is 13.4. The van der Waals surface area contributed by atoms with Crippen LogP contribution in [0.15, 0.2) is 24.3 Å². The van der Waals surface area contributed by atoms with Crippen molar-refractivity contribution in [3.05, 3.63) is 52.7 Å². The molecule has 142 valence electrons. The molecule has 7 nitrogen and oxygen atoms in total. The number of aromatic nitrogens is 3. The van der Waals surface area contributed by atoms with Crippen LogP contribution in [0.5, 0.6) is 0 Å².